The number of nitrogens with two attached hydrogens (primary N) is 1. The van der Waals surface area contributed by atoms with Gasteiger partial charge in [0.25, 0.3) is 0 Å². The van der Waals surface area contributed by atoms with Crippen LogP contribution in [0.2, 0.25) is 0 Å². The summed E-state index contributed by atoms with van der Waals surface area (Å²) < 4.78 is 0. The summed E-state index contributed by atoms with van der Waals surface area (Å²) in [7, 11) is 0. The Morgan fingerprint density at radius 1 is 0.500 bits per heavy atom. The normalized spacial score (nSPS) is 11.2. The number of hydrogen-bond donors (Lipinski definition) is 4. The molecule has 5 N–H and O–H groups in total. The van der Waals surface area contributed by atoms with Crippen molar-refractivity contribution in [2.45, 2.75) is 71.1 Å². The third kappa shape index (κ3) is 19.8. The minimum Gasteiger partial charge on any atom is -0.330 e. The van der Waals surface area contributed by atoms with Crippen LogP contribution < -0.4 is 21.7 Å². The van der Waals surface area contributed by atoms with Crippen LogP contribution in [-0.4, -0.2) is 45.8 Å². The van der Waals surface area contributed by atoms with Gasteiger partial charge in [0.1, 0.15) is 0 Å². The standard InChI is InChI=1S/C18H42N4/c1-2-3-4-5-6-7-13-21-17-11-18-22-15-9-8-14-20-16-10-12-19/h20-22H,2-19H2,1H3. The van der Waals surface area contributed by atoms with Gasteiger partial charge in [0, 0.05) is 0 Å². The van der Waals surface area contributed by atoms with E-state index in [-0.39, 0.29) is 0 Å². The number of nitrogens with one attached hydrogen (secondary N) is 3. The SMILES string of the molecule is CCCCCCCCNCCCNCCCCNCCCN. The lowest BCUT2D eigenvalue weighted by molar-refractivity contribution is 0.540. The average Bonchev–Trinajstić information content (AvgIpc) is 2.54. The Bertz CT molecular complexity index is 168. The number of unbranched alkanes of at least 4 members (excludes halogenated alkanes) is 6. The van der Waals surface area contributed by atoms with Gasteiger partial charge >= 0.3 is 0 Å². The van der Waals surface area contributed by atoms with Crippen molar-refractivity contribution in [2.75, 3.05) is 45.8 Å². The Morgan fingerprint density at radius 3 is 1.45 bits per heavy atom. The monoisotopic (exact) mass is 314 g/mol. The molecule has 0 fully saturated rings. The molecule has 0 amide bonds. The van der Waals surface area contributed by atoms with Crippen molar-refractivity contribution in [1.82, 2.24) is 16.0 Å². The molecule has 0 spiro atoms. The molecule has 0 aromatic carbocycles. The molecule has 0 aliphatic heterocycles. The lowest BCUT2D eigenvalue weighted by Crippen LogP contribution is -2.24. The molecule has 0 atom stereocenters. The van der Waals surface area contributed by atoms with E-state index in [1.807, 2.05) is 0 Å². The molecule has 0 aliphatic carbocycles. The van der Waals surface area contributed by atoms with Gasteiger partial charge in [0.2, 0.25) is 0 Å². The fourth-order valence-electron chi connectivity index (χ4n) is 2.47. The van der Waals surface area contributed by atoms with Crippen molar-refractivity contribution in [3.8, 4) is 0 Å². The number of hydrogen-bond acceptors (Lipinski definition) is 4. The summed E-state index contributed by atoms with van der Waals surface area (Å²) in [5.41, 5.74) is 5.45. The largest absolute Gasteiger partial charge is 0.330 e. The Labute approximate surface area is 139 Å². The lowest BCUT2D eigenvalue weighted by Gasteiger charge is -2.07. The lowest BCUT2D eigenvalue weighted by atomic mass is 10.1. The van der Waals surface area contributed by atoms with Crippen LogP contribution in [-0.2, 0) is 0 Å². The smallest absolute Gasteiger partial charge is 0.00368 e. The third-order valence-corrected chi connectivity index (χ3v) is 3.93. The molecule has 0 unspecified atom stereocenters. The fraction of sp³-hybridized carbons (Fsp3) is 1.00. The molecule has 0 rings (SSSR count). The molecule has 0 aromatic heterocycles. The quantitative estimate of drug-likeness (QED) is 0.277. The predicted molar refractivity (Wildman–Crippen MR) is 99.5 cm³/mol. The molecular weight excluding hydrogens is 272 g/mol. The van der Waals surface area contributed by atoms with E-state index < -0.39 is 0 Å². The summed E-state index contributed by atoms with van der Waals surface area (Å²) in [4.78, 5) is 0. The van der Waals surface area contributed by atoms with E-state index in [1.54, 1.807) is 0 Å². The second-order valence-corrected chi connectivity index (χ2v) is 6.22. The molecule has 0 saturated heterocycles. The van der Waals surface area contributed by atoms with Crippen LogP contribution >= 0.6 is 0 Å². The van der Waals surface area contributed by atoms with Gasteiger partial charge in [-0.1, -0.05) is 39.0 Å². The van der Waals surface area contributed by atoms with Gasteiger partial charge in [-0.05, 0) is 77.9 Å². The molecule has 0 bridgehead atoms. The summed E-state index contributed by atoms with van der Waals surface area (Å²) in [6.45, 7) is 9.90. The van der Waals surface area contributed by atoms with Crippen LogP contribution in [0, 0.1) is 0 Å². The zero-order valence-electron chi connectivity index (χ0n) is 15.1. The Hall–Kier alpha value is -0.160. The first-order valence-electron chi connectivity index (χ1n) is 9.74. The van der Waals surface area contributed by atoms with E-state index in [4.69, 9.17) is 5.73 Å². The zero-order valence-corrected chi connectivity index (χ0v) is 15.1. The van der Waals surface area contributed by atoms with Gasteiger partial charge in [-0.2, -0.15) is 0 Å². The van der Waals surface area contributed by atoms with E-state index in [9.17, 15) is 0 Å². The molecule has 0 aliphatic rings. The highest BCUT2D eigenvalue weighted by molar-refractivity contribution is 4.55. The topological polar surface area (TPSA) is 62.1 Å². The molecule has 0 saturated carbocycles. The minimum atomic E-state index is 0.793. The van der Waals surface area contributed by atoms with Crippen LogP contribution in [0.3, 0.4) is 0 Å². The molecule has 0 heterocycles. The Kier molecular flexibility index (Phi) is 20.7. The van der Waals surface area contributed by atoms with E-state index in [2.05, 4.69) is 22.9 Å². The third-order valence-electron chi connectivity index (χ3n) is 3.93. The molecule has 0 aromatic rings. The highest BCUT2D eigenvalue weighted by Gasteiger charge is 1.92. The van der Waals surface area contributed by atoms with Crippen molar-refractivity contribution in [1.29, 1.82) is 0 Å². The summed E-state index contributed by atoms with van der Waals surface area (Å²) in [6, 6.07) is 0. The van der Waals surface area contributed by atoms with Crippen LogP contribution in [0.25, 0.3) is 0 Å². The Morgan fingerprint density at radius 2 is 0.909 bits per heavy atom. The molecule has 4 nitrogen and oxygen atoms in total. The molecule has 22 heavy (non-hydrogen) atoms. The van der Waals surface area contributed by atoms with Gasteiger partial charge in [-0.3, -0.25) is 0 Å². The second kappa shape index (κ2) is 20.8. The molecular formula is C18H42N4. The fourth-order valence-corrected chi connectivity index (χ4v) is 2.47. The Balaban J connectivity index is 2.91. The maximum atomic E-state index is 5.45. The van der Waals surface area contributed by atoms with Crippen molar-refractivity contribution in [3.63, 3.8) is 0 Å². The second-order valence-electron chi connectivity index (χ2n) is 6.22. The summed E-state index contributed by atoms with van der Waals surface area (Å²) in [5, 5.41) is 10.5. The molecule has 0 radical (unpaired) electrons. The first kappa shape index (κ1) is 21.8. The van der Waals surface area contributed by atoms with E-state index in [1.165, 1.54) is 64.3 Å². The highest BCUT2D eigenvalue weighted by Crippen LogP contribution is 2.03. The first-order valence-corrected chi connectivity index (χ1v) is 9.74. The van der Waals surface area contributed by atoms with Gasteiger partial charge in [-0.15, -0.1) is 0 Å². The van der Waals surface area contributed by atoms with Gasteiger partial charge < -0.3 is 21.7 Å². The van der Waals surface area contributed by atoms with Crippen molar-refractivity contribution in [2.24, 2.45) is 5.73 Å². The van der Waals surface area contributed by atoms with E-state index in [0.29, 0.717) is 0 Å². The van der Waals surface area contributed by atoms with Crippen LogP contribution in [0.5, 0.6) is 0 Å². The zero-order chi connectivity index (χ0) is 16.1. The van der Waals surface area contributed by atoms with Crippen molar-refractivity contribution in [3.05, 3.63) is 0 Å². The summed E-state index contributed by atoms with van der Waals surface area (Å²) >= 11 is 0. The maximum absolute atomic E-state index is 5.45. The first-order chi connectivity index (χ1) is 10.9. The van der Waals surface area contributed by atoms with Crippen LogP contribution in [0.1, 0.15) is 71.1 Å². The van der Waals surface area contributed by atoms with Gasteiger partial charge in [-0.25, -0.2) is 0 Å². The number of rotatable bonds is 19. The highest BCUT2D eigenvalue weighted by atomic mass is 14.9. The van der Waals surface area contributed by atoms with Gasteiger partial charge in [0.05, 0.1) is 0 Å². The van der Waals surface area contributed by atoms with Crippen molar-refractivity contribution < 1.29 is 0 Å². The minimum absolute atomic E-state index is 0.793. The van der Waals surface area contributed by atoms with Gasteiger partial charge in [0.15, 0.2) is 0 Å². The van der Waals surface area contributed by atoms with E-state index in [0.717, 1.165) is 45.7 Å². The maximum Gasteiger partial charge on any atom is -0.00368 e. The predicted octanol–water partition coefficient (Wildman–Crippen LogP) is 2.63. The van der Waals surface area contributed by atoms with Crippen LogP contribution in [0.4, 0.5) is 0 Å². The average molecular weight is 315 g/mol. The summed E-state index contributed by atoms with van der Waals surface area (Å²) in [6.07, 6.45) is 13.2. The van der Waals surface area contributed by atoms with E-state index >= 15 is 0 Å². The molecule has 4 heteroatoms. The molecule has 134 valence electrons. The van der Waals surface area contributed by atoms with Crippen LogP contribution in [0.15, 0.2) is 0 Å². The summed E-state index contributed by atoms with van der Waals surface area (Å²) in [5.74, 6) is 0. The van der Waals surface area contributed by atoms with Crippen molar-refractivity contribution >= 4 is 0 Å².